The molecule has 1 aliphatic heterocycles. The molecule has 0 saturated heterocycles. The Morgan fingerprint density at radius 2 is 1.79 bits per heavy atom. The zero-order chi connectivity index (χ0) is 27.9. The lowest BCUT2D eigenvalue weighted by molar-refractivity contribution is -0.134. The van der Waals surface area contributed by atoms with Gasteiger partial charge in [-0.2, -0.15) is 15.0 Å². The fourth-order valence-electron chi connectivity index (χ4n) is 4.92. The number of hydrogen-bond acceptors (Lipinski definition) is 7. The quantitative estimate of drug-likeness (QED) is 0.134. The van der Waals surface area contributed by atoms with Crippen LogP contribution in [0.2, 0.25) is 0 Å². The Morgan fingerprint density at radius 3 is 2.32 bits per heavy atom. The number of rotatable bonds is 12. The summed E-state index contributed by atoms with van der Waals surface area (Å²) in [5.74, 6) is -2.10. The van der Waals surface area contributed by atoms with Crippen molar-refractivity contribution < 1.29 is 32.9 Å². The molecule has 3 rings (SSSR count). The van der Waals surface area contributed by atoms with E-state index < -0.39 is 22.4 Å². The van der Waals surface area contributed by atoms with Gasteiger partial charge in [0, 0.05) is 29.5 Å². The number of thioether (sulfide) groups is 1. The zero-order valence-corrected chi connectivity index (χ0v) is 24.0. The number of methoxy groups -OCH3 is 1. The Bertz CT molecular complexity index is 1130. The first-order valence-electron chi connectivity index (χ1n) is 12.7. The summed E-state index contributed by atoms with van der Waals surface area (Å²) in [5.41, 5.74) is 1.18. The minimum atomic E-state index is -3.29. The number of halogens is 1. The van der Waals surface area contributed by atoms with Crippen molar-refractivity contribution in [3.05, 3.63) is 48.5 Å². The molecule has 1 heterocycles. The molecule has 2 aromatic carbocycles. The lowest BCUT2D eigenvalue weighted by Gasteiger charge is -2.42. The summed E-state index contributed by atoms with van der Waals surface area (Å²) in [7, 11) is -1.68. The number of nitrogens with zero attached hydrogens (tertiary/aromatic N) is 1. The normalized spacial score (nSPS) is 17.3. The van der Waals surface area contributed by atoms with E-state index in [1.807, 2.05) is 36.6 Å². The number of anilines is 2. The second kappa shape index (κ2) is 13.1. The number of carboxylic acid groups (broad SMARTS) is 1. The molecule has 1 aliphatic rings. The highest BCUT2D eigenvalue weighted by Gasteiger charge is 2.42. The molecular formula is C28H38FNO6S2. The molecule has 0 atom stereocenters. The molecule has 2 aromatic rings. The van der Waals surface area contributed by atoms with Gasteiger partial charge < -0.3 is 19.5 Å². The van der Waals surface area contributed by atoms with E-state index in [1.54, 1.807) is 7.11 Å². The SMILES string of the molecule is CCCCC1(CCCC)CN(c2ccc(OC)cc2)c2cc(SC)c(O/C=C(\F)C(=O)O)cc2S(O)(O)C1. The third kappa shape index (κ3) is 6.97. The van der Waals surface area contributed by atoms with Crippen molar-refractivity contribution in [1.82, 2.24) is 0 Å². The molecule has 0 aliphatic carbocycles. The van der Waals surface area contributed by atoms with E-state index in [-0.39, 0.29) is 16.9 Å². The van der Waals surface area contributed by atoms with Crippen LogP contribution in [-0.4, -0.2) is 45.8 Å². The highest BCUT2D eigenvalue weighted by molar-refractivity contribution is 8.24. The molecule has 38 heavy (non-hydrogen) atoms. The standard InChI is InChI=1S/C28H38FNO6S2/c1-5-7-13-28(14-8-6-2)18-30(20-9-11-21(35-3)12-10-20)23-15-25(37-4)24(36-17-22(29)27(31)32)16-26(23)38(33,34)19-28/h9-12,15-17,33-34H,5-8,13-14,18-19H2,1-4H3,(H,31,32)/b22-17-. The monoisotopic (exact) mass is 567 g/mol. The van der Waals surface area contributed by atoms with Crippen LogP contribution in [0.1, 0.15) is 52.4 Å². The van der Waals surface area contributed by atoms with Crippen LogP contribution in [0.4, 0.5) is 15.8 Å². The third-order valence-electron chi connectivity index (χ3n) is 6.89. The van der Waals surface area contributed by atoms with E-state index >= 15 is 0 Å². The van der Waals surface area contributed by atoms with Crippen LogP contribution in [-0.2, 0) is 4.79 Å². The molecule has 0 amide bonds. The van der Waals surface area contributed by atoms with Crippen molar-refractivity contribution in [2.75, 3.05) is 30.6 Å². The molecule has 0 spiro atoms. The molecule has 0 bridgehead atoms. The Kier molecular flexibility index (Phi) is 10.4. The van der Waals surface area contributed by atoms with Gasteiger partial charge in [-0.05, 0) is 49.4 Å². The van der Waals surface area contributed by atoms with Crippen LogP contribution < -0.4 is 14.4 Å². The van der Waals surface area contributed by atoms with Crippen molar-refractivity contribution in [2.24, 2.45) is 5.41 Å². The number of ether oxygens (including phenoxy) is 2. The first kappa shape index (κ1) is 30.1. The topological polar surface area (TPSA) is 99.5 Å². The Labute approximate surface area is 230 Å². The largest absolute Gasteiger partial charge is 0.497 e. The second-order valence-electron chi connectivity index (χ2n) is 9.66. The first-order chi connectivity index (χ1) is 18.1. The van der Waals surface area contributed by atoms with Gasteiger partial charge in [0.1, 0.15) is 17.8 Å². The average Bonchev–Trinajstić information content (AvgIpc) is 3.00. The molecule has 3 N–H and O–H groups in total. The Hall–Kier alpha value is -2.40. The van der Waals surface area contributed by atoms with Crippen LogP contribution >= 0.6 is 22.4 Å². The van der Waals surface area contributed by atoms with Gasteiger partial charge in [-0.1, -0.05) is 39.5 Å². The molecule has 7 nitrogen and oxygen atoms in total. The average molecular weight is 568 g/mol. The predicted octanol–water partition coefficient (Wildman–Crippen LogP) is 8.32. The Balaban J connectivity index is 2.23. The van der Waals surface area contributed by atoms with E-state index in [9.17, 15) is 18.3 Å². The minimum Gasteiger partial charge on any atom is -0.497 e. The van der Waals surface area contributed by atoms with Crippen molar-refractivity contribution in [3.8, 4) is 11.5 Å². The number of carboxylic acids is 1. The lowest BCUT2D eigenvalue weighted by atomic mass is 9.79. The summed E-state index contributed by atoms with van der Waals surface area (Å²) in [5, 5.41) is 8.88. The number of benzene rings is 2. The molecule has 10 heteroatoms. The van der Waals surface area contributed by atoms with E-state index in [0.29, 0.717) is 28.3 Å². The summed E-state index contributed by atoms with van der Waals surface area (Å²) in [6.07, 6.45) is 7.99. The summed E-state index contributed by atoms with van der Waals surface area (Å²) in [6.45, 7) is 4.87. The fourth-order valence-corrected chi connectivity index (χ4v) is 7.64. The van der Waals surface area contributed by atoms with E-state index in [1.165, 1.54) is 17.8 Å². The van der Waals surface area contributed by atoms with Crippen molar-refractivity contribution in [2.45, 2.75) is 62.2 Å². The van der Waals surface area contributed by atoms with Crippen LogP contribution in [0.3, 0.4) is 0 Å². The highest BCUT2D eigenvalue weighted by Crippen LogP contribution is 2.62. The maximum atomic E-state index is 13.7. The zero-order valence-electron chi connectivity index (χ0n) is 22.4. The van der Waals surface area contributed by atoms with Gasteiger partial charge in [-0.3, -0.25) is 9.11 Å². The maximum absolute atomic E-state index is 13.7. The van der Waals surface area contributed by atoms with Crippen LogP contribution in [0.15, 0.2) is 58.3 Å². The van der Waals surface area contributed by atoms with E-state index in [0.717, 1.165) is 50.0 Å². The van der Waals surface area contributed by atoms with Gasteiger partial charge in [0.25, 0.3) is 0 Å². The summed E-state index contributed by atoms with van der Waals surface area (Å²) >= 11 is 1.34. The van der Waals surface area contributed by atoms with Gasteiger partial charge in [0.15, 0.2) is 0 Å². The molecule has 0 aromatic heterocycles. The number of aliphatic carboxylic acids is 1. The van der Waals surface area contributed by atoms with Gasteiger partial charge in [0.05, 0.1) is 22.6 Å². The second-order valence-corrected chi connectivity index (χ2v) is 12.6. The molecule has 0 fully saturated rings. The van der Waals surface area contributed by atoms with E-state index in [4.69, 9.17) is 14.6 Å². The van der Waals surface area contributed by atoms with Crippen molar-refractivity contribution >= 4 is 39.7 Å². The van der Waals surface area contributed by atoms with Crippen molar-refractivity contribution in [1.29, 1.82) is 0 Å². The fraction of sp³-hybridized carbons (Fsp3) is 0.464. The third-order valence-corrected chi connectivity index (χ3v) is 9.69. The van der Waals surface area contributed by atoms with Gasteiger partial charge in [0.2, 0.25) is 5.83 Å². The summed E-state index contributed by atoms with van der Waals surface area (Å²) < 4.78 is 47.9. The molecule has 0 radical (unpaired) electrons. The van der Waals surface area contributed by atoms with Crippen LogP contribution in [0, 0.1) is 5.41 Å². The van der Waals surface area contributed by atoms with Gasteiger partial charge >= 0.3 is 5.97 Å². The maximum Gasteiger partial charge on any atom is 0.368 e. The highest BCUT2D eigenvalue weighted by atomic mass is 32.3. The summed E-state index contributed by atoms with van der Waals surface area (Å²) in [6, 6.07) is 11.0. The van der Waals surface area contributed by atoms with Crippen LogP contribution in [0.5, 0.6) is 11.5 Å². The number of fused-ring (bicyclic) bond motifs is 1. The van der Waals surface area contributed by atoms with Gasteiger partial charge in [-0.25, -0.2) is 4.79 Å². The summed E-state index contributed by atoms with van der Waals surface area (Å²) in [4.78, 5) is 14.0. The number of hydrogen-bond donors (Lipinski definition) is 3. The number of unbranched alkanes of at least 4 members (excludes halogenated alkanes) is 2. The predicted molar refractivity (Wildman–Crippen MR) is 153 cm³/mol. The smallest absolute Gasteiger partial charge is 0.368 e. The molecule has 210 valence electrons. The number of carbonyl (C=O) groups is 1. The lowest BCUT2D eigenvalue weighted by Crippen LogP contribution is -2.37. The Morgan fingerprint density at radius 1 is 1.16 bits per heavy atom. The molecule has 0 unspecified atom stereocenters. The molecular weight excluding hydrogens is 529 g/mol. The van der Waals surface area contributed by atoms with Crippen LogP contribution in [0.25, 0.3) is 0 Å². The minimum absolute atomic E-state index is 0.164. The molecule has 0 saturated carbocycles. The van der Waals surface area contributed by atoms with Crippen molar-refractivity contribution in [3.63, 3.8) is 0 Å². The van der Waals surface area contributed by atoms with E-state index in [2.05, 4.69) is 18.7 Å². The van der Waals surface area contributed by atoms with Gasteiger partial charge in [-0.15, -0.1) is 11.8 Å². The first-order valence-corrected chi connectivity index (χ1v) is 15.7.